The van der Waals surface area contributed by atoms with E-state index in [2.05, 4.69) is 20.7 Å². The fraction of sp³-hybridized carbons (Fsp3) is 0.0870. The van der Waals surface area contributed by atoms with Gasteiger partial charge in [-0.1, -0.05) is 42.5 Å². The topological polar surface area (TPSA) is 99.6 Å². The summed E-state index contributed by atoms with van der Waals surface area (Å²) in [6.07, 6.45) is 0. The number of phenolic OH excluding ortho intramolecular Hbond substituents is 1. The number of amides is 1. The van der Waals surface area contributed by atoms with Crippen molar-refractivity contribution in [1.29, 1.82) is 0 Å². The first-order chi connectivity index (χ1) is 14.6. The number of carbonyl (C=O) groups is 1. The second-order valence-electron chi connectivity index (χ2n) is 6.72. The van der Waals surface area contributed by atoms with Crippen molar-refractivity contribution in [3.05, 3.63) is 78.0 Å². The molecule has 0 aliphatic carbocycles. The highest BCUT2D eigenvalue weighted by Crippen LogP contribution is 2.28. The number of benzene rings is 3. The number of rotatable bonds is 5. The van der Waals surface area contributed by atoms with E-state index >= 15 is 0 Å². The van der Waals surface area contributed by atoms with Gasteiger partial charge in [-0.25, -0.2) is 5.43 Å². The summed E-state index contributed by atoms with van der Waals surface area (Å²) in [6.45, 7) is 1.75. The zero-order valence-corrected chi connectivity index (χ0v) is 16.5. The molecule has 3 aromatic carbocycles. The van der Waals surface area contributed by atoms with Crippen LogP contribution in [0.5, 0.6) is 11.5 Å². The van der Waals surface area contributed by atoms with E-state index in [4.69, 9.17) is 4.74 Å². The van der Waals surface area contributed by atoms with Crippen molar-refractivity contribution in [2.24, 2.45) is 5.10 Å². The molecule has 0 atom stereocenters. The SMILES string of the molecule is COc1cc(/C(C)=N\NC(=O)c2cc(-c3cccc4ccccc34)n[nH]2)ccc1O. The summed E-state index contributed by atoms with van der Waals surface area (Å²) in [7, 11) is 1.47. The number of hydrogen-bond donors (Lipinski definition) is 3. The Kier molecular flexibility index (Phi) is 5.17. The Morgan fingerprint density at radius 3 is 2.73 bits per heavy atom. The van der Waals surface area contributed by atoms with Gasteiger partial charge in [-0.2, -0.15) is 10.2 Å². The first kappa shape index (κ1) is 19.2. The van der Waals surface area contributed by atoms with Gasteiger partial charge in [0.15, 0.2) is 11.5 Å². The summed E-state index contributed by atoms with van der Waals surface area (Å²) >= 11 is 0. The number of aromatic nitrogens is 2. The molecule has 30 heavy (non-hydrogen) atoms. The molecule has 4 aromatic rings. The standard InChI is InChI=1S/C23H20N4O3/c1-14(16-10-11-21(28)22(12-16)30-2)24-27-23(29)20-13-19(25-26-20)18-9-5-7-15-6-3-4-8-17(15)18/h3-13,28H,1-2H3,(H,25,26)(H,27,29)/b24-14-. The van der Waals surface area contributed by atoms with E-state index < -0.39 is 5.91 Å². The molecule has 0 aliphatic rings. The Balaban J connectivity index is 1.54. The zero-order chi connectivity index (χ0) is 21.1. The number of fused-ring (bicyclic) bond motifs is 1. The van der Waals surface area contributed by atoms with Crippen molar-refractivity contribution in [3.8, 4) is 22.8 Å². The van der Waals surface area contributed by atoms with Crippen LogP contribution < -0.4 is 10.2 Å². The minimum Gasteiger partial charge on any atom is -0.504 e. The molecule has 1 aromatic heterocycles. The number of carbonyl (C=O) groups excluding carboxylic acids is 1. The number of methoxy groups -OCH3 is 1. The predicted octanol–water partition coefficient (Wildman–Crippen LogP) is 4.10. The van der Waals surface area contributed by atoms with Gasteiger partial charge in [0, 0.05) is 11.1 Å². The normalized spacial score (nSPS) is 11.5. The van der Waals surface area contributed by atoms with Gasteiger partial charge in [0.25, 0.3) is 5.91 Å². The molecule has 7 nitrogen and oxygen atoms in total. The lowest BCUT2D eigenvalue weighted by Gasteiger charge is -2.06. The van der Waals surface area contributed by atoms with Crippen molar-refractivity contribution in [2.75, 3.05) is 7.11 Å². The largest absolute Gasteiger partial charge is 0.504 e. The number of aromatic amines is 1. The number of hydrazone groups is 1. The van der Waals surface area contributed by atoms with E-state index in [0.717, 1.165) is 16.3 Å². The lowest BCUT2D eigenvalue weighted by Crippen LogP contribution is -2.19. The first-order valence-corrected chi connectivity index (χ1v) is 9.32. The Morgan fingerprint density at radius 2 is 1.90 bits per heavy atom. The van der Waals surface area contributed by atoms with Crippen molar-refractivity contribution < 1.29 is 14.6 Å². The van der Waals surface area contributed by atoms with Gasteiger partial charge in [-0.05, 0) is 42.0 Å². The summed E-state index contributed by atoms with van der Waals surface area (Å²) in [5.74, 6) is -0.0303. The highest BCUT2D eigenvalue weighted by atomic mass is 16.5. The number of hydrogen-bond acceptors (Lipinski definition) is 5. The van der Waals surface area contributed by atoms with Gasteiger partial charge in [0.1, 0.15) is 5.69 Å². The Hall–Kier alpha value is -4.13. The third-order valence-electron chi connectivity index (χ3n) is 4.81. The molecule has 0 fully saturated rings. The maximum Gasteiger partial charge on any atom is 0.289 e. The molecule has 4 rings (SSSR count). The molecule has 150 valence electrons. The van der Waals surface area contributed by atoms with E-state index in [9.17, 15) is 9.90 Å². The molecule has 0 spiro atoms. The van der Waals surface area contributed by atoms with Crippen molar-refractivity contribution >= 4 is 22.4 Å². The molecule has 0 unspecified atom stereocenters. The van der Waals surface area contributed by atoms with Crippen LogP contribution in [0, 0.1) is 0 Å². The summed E-state index contributed by atoms with van der Waals surface area (Å²) in [6, 6.07) is 20.6. The van der Waals surface area contributed by atoms with Crippen LogP contribution in [0.1, 0.15) is 23.0 Å². The summed E-state index contributed by atoms with van der Waals surface area (Å²) in [5.41, 5.74) is 5.73. The van der Waals surface area contributed by atoms with Crippen LogP contribution in [0.15, 0.2) is 71.8 Å². The minimum atomic E-state index is -0.404. The van der Waals surface area contributed by atoms with Crippen LogP contribution in [0.25, 0.3) is 22.0 Å². The fourth-order valence-electron chi connectivity index (χ4n) is 3.19. The molecule has 0 saturated carbocycles. The molecule has 1 amide bonds. The van der Waals surface area contributed by atoms with E-state index in [0.29, 0.717) is 28.4 Å². The van der Waals surface area contributed by atoms with Crippen LogP contribution in [0.4, 0.5) is 0 Å². The van der Waals surface area contributed by atoms with Gasteiger partial charge < -0.3 is 9.84 Å². The van der Waals surface area contributed by atoms with Gasteiger partial charge in [0.2, 0.25) is 0 Å². The van der Waals surface area contributed by atoms with Crippen molar-refractivity contribution in [2.45, 2.75) is 6.92 Å². The second-order valence-corrected chi connectivity index (χ2v) is 6.72. The van der Waals surface area contributed by atoms with Gasteiger partial charge in [-0.15, -0.1) is 0 Å². The molecule has 3 N–H and O–H groups in total. The molecule has 0 aliphatic heterocycles. The maximum absolute atomic E-state index is 12.5. The van der Waals surface area contributed by atoms with Crippen LogP contribution in [0.2, 0.25) is 0 Å². The number of ether oxygens (including phenoxy) is 1. The molecule has 7 heteroatoms. The number of aromatic hydroxyl groups is 1. The van der Waals surface area contributed by atoms with Gasteiger partial charge in [0.05, 0.1) is 18.5 Å². The molecule has 0 bridgehead atoms. The number of phenols is 1. The Morgan fingerprint density at radius 1 is 1.10 bits per heavy atom. The summed E-state index contributed by atoms with van der Waals surface area (Å²) < 4.78 is 5.10. The van der Waals surface area contributed by atoms with E-state index in [1.54, 1.807) is 25.1 Å². The van der Waals surface area contributed by atoms with E-state index in [-0.39, 0.29) is 5.75 Å². The highest BCUT2D eigenvalue weighted by molar-refractivity contribution is 6.01. The van der Waals surface area contributed by atoms with E-state index in [1.165, 1.54) is 13.2 Å². The predicted molar refractivity (Wildman–Crippen MR) is 116 cm³/mol. The third kappa shape index (κ3) is 3.73. The first-order valence-electron chi connectivity index (χ1n) is 9.32. The second kappa shape index (κ2) is 8.08. The lowest BCUT2D eigenvalue weighted by molar-refractivity contribution is 0.0950. The number of nitrogens with zero attached hydrogens (tertiary/aromatic N) is 2. The van der Waals surface area contributed by atoms with Crippen molar-refractivity contribution in [3.63, 3.8) is 0 Å². The smallest absolute Gasteiger partial charge is 0.289 e. The highest BCUT2D eigenvalue weighted by Gasteiger charge is 2.13. The molecule has 0 radical (unpaired) electrons. The van der Waals surface area contributed by atoms with Crippen LogP contribution in [-0.2, 0) is 0 Å². The Labute approximate surface area is 173 Å². The third-order valence-corrected chi connectivity index (χ3v) is 4.81. The maximum atomic E-state index is 12.5. The number of H-pyrrole nitrogens is 1. The monoisotopic (exact) mass is 400 g/mol. The average molecular weight is 400 g/mol. The van der Waals surface area contributed by atoms with Gasteiger partial charge >= 0.3 is 0 Å². The molecular weight excluding hydrogens is 380 g/mol. The average Bonchev–Trinajstić information content (AvgIpc) is 3.27. The molecular formula is C23H20N4O3. The molecule has 0 saturated heterocycles. The number of nitrogens with one attached hydrogen (secondary N) is 2. The molecule has 1 heterocycles. The van der Waals surface area contributed by atoms with Crippen LogP contribution in [-0.4, -0.2) is 34.0 Å². The van der Waals surface area contributed by atoms with Crippen LogP contribution >= 0.6 is 0 Å². The fourth-order valence-corrected chi connectivity index (χ4v) is 3.19. The quantitative estimate of drug-likeness (QED) is 0.347. The zero-order valence-electron chi connectivity index (χ0n) is 16.5. The van der Waals surface area contributed by atoms with E-state index in [1.807, 2.05) is 42.5 Å². The summed E-state index contributed by atoms with van der Waals surface area (Å²) in [5, 5.41) is 23.1. The van der Waals surface area contributed by atoms with Crippen molar-refractivity contribution in [1.82, 2.24) is 15.6 Å². The minimum absolute atomic E-state index is 0.0384. The Bertz CT molecular complexity index is 1260. The summed E-state index contributed by atoms with van der Waals surface area (Å²) in [4.78, 5) is 12.5. The lowest BCUT2D eigenvalue weighted by atomic mass is 10.0. The van der Waals surface area contributed by atoms with Crippen LogP contribution in [0.3, 0.4) is 0 Å². The van der Waals surface area contributed by atoms with Gasteiger partial charge in [-0.3, -0.25) is 9.89 Å².